The van der Waals surface area contributed by atoms with E-state index in [-0.39, 0.29) is 28.8 Å². The molecule has 0 spiro atoms. The van der Waals surface area contributed by atoms with Gasteiger partial charge in [-0.3, -0.25) is 14.2 Å². The second kappa shape index (κ2) is 9.56. The van der Waals surface area contributed by atoms with Crippen molar-refractivity contribution in [1.29, 1.82) is 0 Å². The molecule has 0 bridgehead atoms. The van der Waals surface area contributed by atoms with Gasteiger partial charge in [0.1, 0.15) is 16.4 Å². The summed E-state index contributed by atoms with van der Waals surface area (Å²) in [5.41, 5.74) is 1.29. The van der Waals surface area contributed by atoms with Crippen molar-refractivity contribution in [2.45, 2.75) is 56.3 Å². The Morgan fingerprint density at radius 1 is 1.33 bits per heavy atom. The Morgan fingerprint density at radius 3 is 2.97 bits per heavy atom. The number of fused-ring (bicyclic) bond motifs is 3. The number of ether oxygens (including phenoxy) is 2. The number of ketones is 1. The van der Waals surface area contributed by atoms with Gasteiger partial charge in [0.2, 0.25) is 0 Å². The SMILES string of the molecule is COc1ccc(F)cc1C(=O)CSc1nc2sc3c(c2c(=O)n1CC1CCCO1)CCCC3. The van der Waals surface area contributed by atoms with Gasteiger partial charge >= 0.3 is 0 Å². The van der Waals surface area contributed by atoms with Gasteiger partial charge in [-0.25, -0.2) is 9.37 Å². The van der Waals surface area contributed by atoms with Gasteiger partial charge in [0.25, 0.3) is 5.56 Å². The molecule has 1 aliphatic heterocycles. The Hall–Kier alpha value is -2.23. The number of rotatable bonds is 7. The zero-order chi connectivity index (χ0) is 22.9. The minimum atomic E-state index is -0.497. The van der Waals surface area contributed by atoms with E-state index in [1.54, 1.807) is 15.9 Å². The number of carbonyl (C=O) groups is 1. The molecule has 6 nitrogen and oxygen atoms in total. The van der Waals surface area contributed by atoms with E-state index in [9.17, 15) is 14.0 Å². The second-order valence-electron chi connectivity index (χ2n) is 8.39. The highest BCUT2D eigenvalue weighted by molar-refractivity contribution is 7.99. The summed E-state index contributed by atoms with van der Waals surface area (Å²) in [6, 6.07) is 3.89. The molecule has 0 radical (unpaired) electrons. The van der Waals surface area contributed by atoms with Crippen molar-refractivity contribution in [3.8, 4) is 5.75 Å². The lowest BCUT2D eigenvalue weighted by atomic mass is 9.97. The Morgan fingerprint density at radius 2 is 2.18 bits per heavy atom. The molecule has 1 atom stereocenters. The van der Waals surface area contributed by atoms with Crippen LogP contribution in [-0.4, -0.2) is 40.9 Å². The van der Waals surface area contributed by atoms with Gasteiger partial charge in [-0.1, -0.05) is 11.8 Å². The molecule has 0 saturated carbocycles. The average molecular weight is 489 g/mol. The number of carbonyl (C=O) groups excluding carboxylic acids is 1. The number of hydrogen-bond acceptors (Lipinski definition) is 7. The van der Waals surface area contributed by atoms with E-state index in [0.29, 0.717) is 24.1 Å². The fraction of sp³-hybridized carbons (Fsp3) is 0.458. The maximum atomic E-state index is 13.8. The second-order valence-corrected chi connectivity index (χ2v) is 10.4. The molecule has 1 unspecified atom stereocenters. The number of thioether (sulfide) groups is 1. The molecule has 9 heteroatoms. The van der Waals surface area contributed by atoms with Crippen LogP contribution in [0.15, 0.2) is 28.2 Å². The van der Waals surface area contributed by atoms with Gasteiger partial charge in [-0.15, -0.1) is 11.3 Å². The quantitative estimate of drug-likeness (QED) is 0.274. The lowest BCUT2D eigenvalue weighted by molar-refractivity contribution is 0.0937. The first kappa shape index (κ1) is 22.6. The van der Waals surface area contributed by atoms with Crippen LogP contribution in [0.2, 0.25) is 0 Å². The van der Waals surface area contributed by atoms with Crippen molar-refractivity contribution in [2.75, 3.05) is 19.5 Å². The van der Waals surface area contributed by atoms with Gasteiger partial charge in [-0.05, 0) is 62.3 Å². The van der Waals surface area contributed by atoms with Gasteiger partial charge in [0.05, 0.1) is 36.5 Å². The molecule has 1 aliphatic carbocycles. The number of hydrogen-bond donors (Lipinski definition) is 0. The molecule has 5 rings (SSSR count). The van der Waals surface area contributed by atoms with E-state index in [0.717, 1.165) is 54.3 Å². The molecule has 2 aliphatic rings. The minimum Gasteiger partial charge on any atom is -0.496 e. The Bertz CT molecular complexity index is 1260. The highest BCUT2D eigenvalue weighted by Gasteiger charge is 2.25. The zero-order valence-electron chi connectivity index (χ0n) is 18.4. The third kappa shape index (κ3) is 4.46. The van der Waals surface area contributed by atoms with Crippen molar-refractivity contribution in [3.05, 3.63) is 50.4 Å². The van der Waals surface area contributed by atoms with Crippen molar-refractivity contribution in [2.24, 2.45) is 0 Å². The van der Waals surface area contributed by atoms with E-state index < -0.39 is 5.82 Å². The largest absolute Gasteiger partial charge is 0.496 e. The number of thiophene rings is 1. The lowest BCUT2D eigenvalue weighted by Crippen LogP contribution is -2.29. The first-order chi connectivity index (χ1) is 16.0. The Kier molecular flexibility index (Phi) is 6.53. The first-order valence-electron chi connectivity index (χ1n) is 11.2. The molecular weight excluding hydrogens is 463 g/mol. The zero-order valence-corrected chi connectivity index (χ0v) is 20.0. The molecule has 1 aromatic carbocycles. The summed E-state index contributed by atoms with van der Waals surface area (Å²) in [4.78, 5) is 33.4. The van der Waals surface area contributed by atoms with Crippen LogP contribution in [0, 0.1) is 5.82 Å². The van der Waals surface area contributed by atoms with E-state index in [1.165, 1.54) is 41.9 Å². The van der Waals surface area contributed by atoms with Gasteiger partial charge in [0, 0.05) is 11.5 Å². The summed E-state index contributed by atoms with van der Waals surface area (Å²) in [6.07, 6.45) is 5.96. The molecule has 2 aromatic heterocycles. The number of aromatic nitrogens is 2. The van der Waals surface area contributed by atoms with E-state index in [1.807, 2.05) is 0 Å². The highest BCUT2D eigenvalue weighted by Crippen LogP contribution is 2.35. The summed E-state index contributed by atoms with van der Waals surface area (Å²) in [5, 5.41) is 1.24. The molecule has 1 saturated heterocycles. The van der Waals surface area contributed by atoms with Crippen LogP contribution in [0.25, 0.3) is 10.2 Å². The molecular formula is C24H25FN2O4S2. The van der Waals surface area contributed by atoms with Crippen molar-refractivity contribution in [1.82, 2.24) is 9.55 Å². The summed E-state index contributed by atoms with van der Waals surface area (Å²) < 4.78 is 26.5. The summed E-state index contributed by atoms with van der Waals surface area (Å²) in [5.74, 6) is -0.426. The third-order valence-corrected chi connectivity index (χ3v) is 8.41. The summed E-state index contributed by atoms with van der Waals surface area (Å²) in [7, 11) is 1.45. The topological polar surface area (TPSA) is 70.4 Å². The van der Waals surface area contributed by atoms with Crippen molar-refractivity contribution in [3.63, 3.8) is 0 Å². The highest BCUT2D eigenvalue weighted by atomic mass is 32.2. The van der Waals surface area contributed by atoms with E-state index >= 15 is 0 Å². The van der Waals surface area contributed by atoms with Gasteiger partial charge in [0.15, 0.2) is 10.9 Å². The number of methoxy groups -OCH3 is 1. The number of nitrogens with zero attached hydrogens (tertiary/aromatic N) is 2. The fourth-order valence-corrected chi connectivity index (χ4v) is 6.78. The molecule has 33 heavy (non-hydrogen) atoms. The number of Topliss-reactive ketones (excluding diaryl/α,β-unsaturated/α-hetero) is 1. The lowest BCUT2D eigenvalue weighted by Gasteiger charge is -2.16. The molecule has 3 aromatic rings. The summed E-state index contributed by atoms with van der Waals surface area (Å²) >= 11 is 2.80. The van der Waals surface area contributed by atoms with Crippen LogP contribution in [0.4, 0.5) is 4.39 Å². The number of aryl methyl sites for hydroxylation is 2. The van der Waals surface area contributed by atoms with Crippen LogP contribution in [0.3, 0.4) is 0 Å². The van der Waals surface area contributed by atoms with Crippen LogP contribution in [0.5, 0.6) is 5.75 Å². The van der Waals surface area contributed by atoms with E-state index in [4.69, 9.17) is 14.5 Å². The number of halogens is 1. The standard InChI is InChI=1S/C24H25FN2O4S2/c1-30-19-9-8-14(25)11-17(19)18(28)13-32-24-26-22-21(16-6-2-3-7-20(16)33-22)23(29)27(24)12-15-5-4-10-31-15/h8-9,11,15H,2-7,10,12-13H2,1H3. The molecule has 0 amide bonds. The minimum absolute atomic E-state index is 0.0222. The van der Waals surface area contributed by atoms with Gasteiger partial charge in [-0.2, -0.15) is 0 Å². The van der Waals surface area contributed by atoms with Crippen molar-refractivity contribution >= 4 is 39.1 Å². The molecule has 174 valence electrons. The first-order valence-corrected chi connectivity index (χ1v) is 13.0. The van der Waals surface area contributed by atoms with Crippen LogP contribution >= 0.6 is 23.1 Å². The van der Waals surface area contributed by atoms with E-state index in [2.05, 4.69) is 0 Å². The smallest absolute Gasteiger partial charge is 0.263 e. The molecule has 1 fully saturated rings. The molecule has 3 heterocycles. The Labute approximate surface area is 199 Å². The molecule has 0 N–H and O–H groups in total. The third-order valence-electron chi connectivity index (χ3n) is 6.24. The summed E-state index contributed by atoms with van der Waals surface area (Å²) in [6.45, 7) is 1.12. The predicted molar refractivity (Wildman–Crippen MR) is 128 cm³/mol. The maximum Gasteiger partial charge on any atom is 0.263 e. The monoisotopic (exact) mass is 488 g/mol. The number of benzene rings is 1. The van der Waals surface area contributed by atoms with Crippen molar-refractivity contribution < 1.29 is 18.7 Å². The fourth-order valence-electron chi connectivity index (χ4n) is 4.59. The normalized spacial score (nSPS) is 17.9. The van der Waals surface area contributed by atoms with Crippen LogP contribution in [-0.2, 0) is 24.1 Å². The van der Waals surface area contributed by atoms with Crippen LogP contribution < -0.4 is 10.3 Å². The van der Waals surface area contributed by atoms with Crippen LogP contribution in [0.1, 0.15) is 46.5 Å². The predicted octanol–water partition coefficient (Wildman–Crippen LogP) is 4.64. The Balaban J connectivity index is 1.50. The maximum absolute atomic E-state index is 13.8. The van der Waals surface area contributed by atoms with Gasteiger partial charge < -0.3 is 9.47 Å². The average Bonchev–Trinajstić information content (AvgIpc) is 3.47.